The van der Waals surface area contributed by atoms with Gasteiger partial charge in [0.1, 0.15) is 11.3 Å². The summed E-state index contributed by atoms with van der Waals surface area (Å²) in [5.74, 6) is -15.4. The lowest BCUT2D eigenvalue weighted by Crippen LogP contribution is -2.29. The van der Waals surface area contributed by atoms with E-state index in [2.05, 4.69) is 6.58 Å². The number of carboxylic acids is 1. The van der Waals surface area contributed by atoms with Gasteiger partial charge < -0.3 is 10.4 Å². The molecular formula is C10H4F5NO3. The minimum absolute atomic E-state index is 0.992. The summed E-state index contributed by atoms with van der Waals surface area (Å²) in [5, 5.41) is 9.74. The number of benzene rings is 1. The summed E-state index contributed by atoms with van der Waals surface area (Å²) in [6.45, 7) is 2.80. The highest BCUT2D eigenvalue weighted by atomic mass is 19.2. The van der Waals surface area contributed by atoms with Gasteiger partial charge in [0, 0.05) is 0 Å². The van der Waals surface area contributed by atoms with E-state index in [1.807, 2.05) is 0 Å². The molecule has 0 aliphatic heterocycles. The smallest absolute Gasteiger partial charge is 0.351 e. The molecule has 1 rings (SSSR count). The SMILES string of the molecule is C=C(NC(=O)c1c(F)c(F)c(F)c(F)c1F)C(=O)O. The molecule has 0 aliphatic carbocycles. The van der Waals surface area contributed by atoms with Crippen molar-refractivity contribution in [3.8, 4) is 0 Å². The van der Waals surface area contributed by atoms with Gasteiger partial charge in [0.2, 0.25) is 5.82 Å². The maximum Gasteiger partial charge on any atom is 0.351 e. The third-order valence-electron chi connectivity index (χ3n) is 1.96. The Hall–Kier alpha value is -2.45. The number of amides is 1. The Morgan fingerprint density at radius 3 is 1.63 bits per heavy atom. The maximum atomic E-state index is 13.1. The van der Waals surface area contributed by atoms with Crippen molar-refractivity contribution < 1.29 is 36.6 Å². The van der Waals surface area contributed by atoms with Crippen molar-refractivity contribution in [2.75, 3.05) is 0 Å². The number of carbonyl (C=O) groups excluding carboxylic acids is 1. The van der Waals surface area contributed by atoms with E-state index in [9.17, 15) is 31.5 Å². The number of nitrogens with one attached hydrogen (secondary N) is 1. The summed E-state index contributed by atoms with van der Waals surface area (Å²) in [5.41, 5.74) is -2.78. The van der Waals surface area contributed by atoms with Crippen LogP contribution in [0.2, 0.25) is 0 Å². The van der Waals surface area contributed by atoms with E-state index in [0.29, 0.717) is 0 Å². The van der Waals surface area contributed by atoms with E-state index >= 15 is 0 Å². The van der Waals surface area contributed by atoms with Crippen LogP contribution in [0.5, 0.6) is 0 Å². The zero-order valence-corrected chi connectivity index (χ0v) is 8.86. The molecule has 2 N–H and O–H groups in total. The largest absolute Gasteiger partial charge is 0.477 e. The number of hydrogen-bond acceptors (Lipinski definition) is 2. The minimum atomic E-state index is -2.43. The molecule has 19 heavy (non-hydrogen) atoms. The van der Waals surface area contributed by atoms with Gasteiger partial charge in [-0.15, -0.1) is 0 Å². The molecule has 0 spiro atoms. The maximum absolute atomic E-state index is 13.1. The van der Waals surface area contributed by atoms with Crippen LogP contribution >= 0.6 is 0 Å². The Morgan fingerprint density at radius 1 is 0.895 bits per heavy atom. The standard InChI is InChI=1S/C10H4F5NO3/c1-2(10(18)19)16-9(17)3-4(11)6(13)8(15)7(14)5(3)12/h1H2,(H,16,17)(H,18,19). The van der Waals surface area contributed by atoms with Crippen molar-refractivity contribution in [1.82, 2.24) is 5.32 Å². The number of halogens is 5. The van der Waals surface area contributed by atoms with Crippen LogP contribution in [-0.2, 0) is 4.79 Å². The van der Waals surface area contributed by atoms with Gasteiger partial charge in [0.05, 0.1) is 0 Å². The van der Waals surface area contributed by atoms with Crippen molar-refractivity contribution in [2.24, 2.45) is 0 Å². The van der Waals surface area contributed by atoms with E-state index in [1.54, 1.807) is 0 Å². The summed E-state index contributed by atoms with van der Waals surface area (Å²) < 4.78 is 64.5. The molecule has 1 aromatic rings. The second kappa shape index (κ2) is 5.04. The van der Waals surface area contributed by atoms with Crippen molar-refractivity contribution in [3.05, 3.63) is 46.9 Å². The molecule has 0 radical (unpaired) electrons. The van der Waals surface area contributed by atoms with Crippen LogP contribution in [-0.4, -0.2) is 17.0 Å². The molecule has 0 aliphatic rings. The van der Waals surface area contributed by atoms with Gasteiger partial charge in [0.25, 0.3) is 5.91 Å². The fraction of sp³-hybridized carbons (Fsp3) is 0. The highest BCUT2D eigenvalue weighted by molar-refractivity contribution is 6.00. The fourth-order valence-corrected chi connectivity index (χ4v) is 1.06. The van der Waals surface area contributed by atoms with Crippen molar-refractivity contribution >= 4 is 11.9 Å². The van der Waals surface area contributed by atoms with Gasteiger partial charge >= 0.3 is 5.97 Å². The summed E-state index contributed by atoms with van der Waals surface area (Å²) >= 11 is 0. The average Bonchev–Trinajstić information content (AvgIpc) is 2.34. The number of aliphatic carboxylic acids is 1. The third kappa shape index (κ3) is 2.54. The summed E-state index contributed by atoms with van der Waals surface area (Å²) in [7, 11) is 0. The van der Waals surface area contributed by atoms with Crippen LogP contribution in [0.1, 0.15) is 10.4 Å². The second-order valence-corrected chi connectivity index (χ2v) is 3.18. The van der Waals surface area contributed by atoms with Gasteiger partial charge in [0.15, 0.2) is 23.3 Å². The fourth-order valence-electron chi connectivity index (χ4n) is 1.06. The first-order valence-electron chi connectivity index (χ1n) is 4.43. The second-order valence-electron chi connectivity index (χ2n) is 3.18. The number of carbonyl (C=O) groups is 2. The van der Waals surface area contributed by atoms with Gasteiger partial charge in [-0.25, -0.2) is 26.7 Å². The van der Waals surface area contributed by atoms with Crippen molar-refractivity contribution in [1.29, 1.82) is 0 Å². The molecular weight excluding hydrogens is 277 g/mol. The van der Waals surface area contributed by atoms with Gasteiger partial charge in [-0.05, 0) is 0 Å². The van der Waals surface area contributed by atoms with E-state index in [-0.39, 0.29) is 0 Å². The normalized spacial score (nSPS) is 10.2. The molecule has 0 bridgehead atoms. The zero-order chi connectivity index (χ0) is 14.9. The summed E-state index contributed by atoms with van der Waals surface area (Å²) in [4.78, 5) is 21.6. The molecule has 1 amide bonds. The topological polar surface area (TPSA) is 66.4 Å². The van der Waals surface area contributed by atoms with Gasteiger partial charge in [-0.1, -0.05) is 6.58 Å². The molecule has 0 fully saturated rings. The lowest BCUT2D eigenvalue weighted by molar-refractivity contribution is -0.132. The molecule has 9 heteroatoms. The molecule has 0 atom stereocenters. The number of rotatable bonds is 3. The summed E-state index contributed by atoms with van der Waals surface area (Å²) in [6.07, 6.45) is 0. The Kier molecular flexibility index (Phi) is 3.88. The monoisotopic (exact) mass is 281 g/mol. The van der Waals surface area contributed by atoms with Crippen molar-refractivity contribution in [2.45, 2.75) is 0 Å². The average molecular weight is 281 g/mol. The van der Waals surface area contributed by atoms with E-state index < -0.39 is 52.2 Å². The van der Waals surface area contributed by atoms with Crippen LogP contribution in [0.4, 0.5) is 22.0 Å². The van der Waals surface area contributed by atoms with E-state index in [1.165, 1.54) is 5.32 Å². The Bertz CT molecular complexity index is 570. The Labute approximate surface area is 102 Å². The molecule has 0 heterocycles. The van der Waals surface area contributed by atoms with E-state index in [4.69, 9.17) is 5.11 Å². The Balaban J connectivity index is 3.32. The third-order valence-corrected chi connectivity index (χ3v) is 1.96. The number of hydrogen-bond donors (Lipinski definition) is 2. The summed E-state index contributed by atoms with van der Waals surface area (Å²) in [6, 6.07) is 0. The molecule has 0 saturated carbocycles. The van der Waals surface area contributed by atoms with Crippen LogP contribution < -0.4 is 5.32 Å². The lowest BCUT2D eigenvalue weighted by Gasteiger charge is -2.08. The number of carboxylic acid groups (broad SMARTS) is 1. The lowest BCUT2D eigenvalue weighted by atomic mass is 10.1. The van der Waals surface area contributed by atoms with Crippen LogP contribution in [0, 0.1) is 29.1 Å². The van der Waals surface area contributed by atoms with Crippen LogP contribution in [0.15, 0.2) is 12.3 Å². The highest BCUT2D eigenvalue weighted by Crippen LogP contribution is 2.22. The van der Waals surface area contributed by atoms with Gasteiger partial charge in [-0.3, -0.25) is 4.79 Å². The van der Waals surface area contributed by atoms with Gasteiger partial charge in [-0.2, -0.15) is 0 Å². The first kappa shape index (κ1) is 14.6. The van der Waals surface area contributed by atoms with Crippen LogP contribution in [0.25, 0.3) is 0 Å². The van der Waals surface area contributed by atoms with Crippen LogP contribution in [0.3, 0.4) is 0 Å². The quantitative estimate of drug-likeness (QED) is 0.383. The zero-order valence-electron chi connectivity index (χ0n) is 8.86. The molecule has 4 nitrogen and oxygen atoms in total. The molecule has 0 saturated heterocycles. The first-order chi connectivity index (χ1) is 8.68. The minimum Gasteiger partial charge on any atom is -0.477 e. The van der Waals surface area contributed by atoms with Crippen molar-refractivity contribution in [3.63, 3.8) is 0 Å². The molecule has 1 aromatic carbocycles. The molecule has 102 valence electrons. The Morgan fingerprint density at radius 2 is 1.26 bits per heavy atom. The predicted octanol–water partition coefficient (Wildman–Crippen LogP) is 1.71. The van der Waals surface area contributed by atoms with E-state index in [0.717, 1.165) is 0 Å². The predicted molar refractivity (Wildman–Crippen MR) is 50.5 cm³/mol. The first-order valence-corrected chi connectivity index (χ1v) is 4.43. The highest BCUT2D eigenvalue weighted by Gasteiger charge is 2.30. The molecule has 0 aromatic heterocycles. The molecule has 0 unspecified atom stereocenters.